The van der Waals surface area contributed by atoms with Crippen LogP contribution >= 0.6 is 0 Å². The highest BCUT2D eigenvalue weighted by Gasteiger charge is 2.12. The molecule has 0 aliphatic heterocycles. The molecule has 14 heavy (non-hydrogen) atoms. The van der Waals surface area contributed by atoms with E-state index < -0.39 is 12.1 Å². The van der Waals surface area contributed by atoms with Gasteiger partial charge in [-0.05, 0) is 17.7 Å². The van der Waals surface area contributed by atoms with Crippen molar-refractivity contribution >= 4 is 0 Å². The number of nitrogens with zero attached hydrogens (tertiary/aromatic N) is 1. The lowest BCUT2D eigenvalue weighted by molar-refractivity contribution is 0.192. The number of hydrogen-bond acceptors (Lipinski definition) is 3. The number of aliphatic hydroxyl groups excluding tert-OH is 1. The molecule has 72 valence electrons. The highest BCUT2D eigenvalue weighted by molar-refractivity contribution is 5.33. The fourth-order valence-electron chi connectivity index (χ4n) is 1.12. The van der Waals surface area contributed by atoms with E-state index in [1.165, 1.54) is 6.08 Å². The smallest absolute Gasteiger partial charge is 0.0991 e. The minimum Gasteiger partial charge on any atom is -0.387 e. The summed E-state index contributed by atoms with van der Waals surface area (Å²) in [6, 6.07) is 8.33. The van der Waals surface area contributed by atoms with Gasteiger partial charge < -0.3 is 10.8 Å². The Morgan fingerprint density at radius 3 is 2.43 bits per heavy atom. The zero-order chi connectivity index (χ0) is 10.6. The molecule has 2 atom stereocenters. The van der Waals surface area contributed by atoms with E-state index in [1.54, 1.807) is 24.3 Å². The molecule has 3 N–H and O–H groups in total. The third kappa shape index (κ3) is 2.19. The largest absolute Gasteiger partial charge is 0.387 e. The Labute approximate surface area is 83.1 Å². The van der Waals surface area contributed by atoms with Crippen LogP contribution in [0.3, 0.4) is 0 Å². The molecule has 0 spiro atoms. The van der Waals surface area contributed by atoms with Crippen LogP contribution in [-0.2, 0) is 0 Å². The van der Waals surface area contributed by atoms with Gasteiger partial charge in [-0.3, -0.25) is 0 Å². The van der Waals surface area contributed by atoms with E-state index in [0.29, 0.717) is 5.56 Å². The minimum absolute atomic E-state index is 0.486. The van der Waals surface area contributed by atoms with Crippen molar-refractivity contribution in [2.24, 2.45) is 5.73 Å². The Morgan fingerprint density at radius 1 is 1.43 bits per heavy atom. The summed E-state index contributed by atoms with van der Waals surface area (Å²) in [5.74, 6) is 0. The van der Waals surface area contributed by atoms with E-state index >= 15 is 0 Å². The highest BCUT2D eigenvalue weighted by Crippen LogP contribution is 2.15. The molecule has 1 rings (SSSR count). The van der Waals surface area contributed by atoms with Gasteiger partial charge in [0.25, 0.3) is 0 Å². The van der Waals surface area contributed by atoms with Crippen LogP contribution in [-0.4, -0.2) is 11.2 Å². The summed E-state index contributed by atoms with van der Waals surface area (Å²) in [4.78, 5) is 0. The van der Waals surface area contributed by atoms with Crippen LogP contribution in [0.5, 0.6) is 0 Å². The van der Waals surface area contributed by atoms with Crippen LogP contribution in [0.4, 0.5) is 0 Å². The van der Waals surface area contributed by atoms with E-state index in [1.807, 2.05) is 6.07 Å². The fraction of sp³-hybridized carbons (Fsp3) is 0.182. The monoisotopic (exact) mass is 188 g/mol. The van der Waals surface area contributed by atoms with Crippen molar-refractivity contribution < 1.29 is 5.11 Å². The molecular formula is C11H12N2O. The van der Waals surface area contributed by atoms with Crippen LogP contribution in [0, 0.1) is 11.3 Å². The molecule has 0 aliphatic rings. The van der Waals surface area contributed by atoms with Gasteiger partial charge in [0.1, 0.15) is 0 Å². The molecule has 0 radical (unpaired) electrons. The molecule has 3 nitrogen and oxygen atoms in total. The normalized spacial score (nSPS) is 14.1. The summed E-state index contributed by atoms with van der Waals surface area (Å²) in [6.07, 6.45) is 0.631. The molecule has 0 aliphatic carbocycles. The Hall–Kier alpha value is -1.63. The second kappa shape index (κ2) is 4.56. The first-order chi connectivity index (χ1) is 6.69. The third-order valence-corrected chi connectivity index (χ3v) is 2.03. The molecular weight excluding hydrogens is 176 g/mol. The van der Waals surface area contributed by atoms with Gasteiger partial charge in [-0.2, -0.15) is 5.26 Å². The van der Waals surface area contributed by atoms with E-state index in [9.17, 15) is 5.11 Å². The van der Waals surface area contributed by atoms with Crippen molar-refractivity contribution in [1.29, 1.82) is 5.26 Å². The molecule has 2 unspecified atom stereocenters. The molecule has 0 heterocycles. The lowest BCUT2D eigenvalue weighted by Crippen LogP contribution is -2.23. The molecule has 0 aromatic heterocycles. The topological polar surface area (TPSA) is 70.0 Å². The van der Waals surface area contributed by atoms with E-state index in [-0.39, 0.29) is 0 Å². The Bertz CT molecular complexity index is 351. The van der Waals surface area contributed by atoms with Crippen molar-refractivity contribution in [2.75, 3.05) is 0 Å². The molecule has 0 bridgehead atoms. The Kier molecular flexibility index (Phi) is 3.41. The van der Waals surface area contributed by atoms with Crippen molar-refractivity contribution in [3.8, 4) is 6.07 Å². The fourth-order valence-corrected chi connectivity index (χ4v) is 1.12. The van der Waals surface area contributed by atoms with Gasteiger partial charge in [0, 0.05) is 0 Å². The van der Waals surface area contributed by atoms with Gasteiger partial charge in [-0.15, -0.1) is 6.58 Å². The van der Waals surface area contributed by atoms with E-state index in [2.05, 4.69) is 6.58 Å². The third-order valence-electron chi connectivity index (χ3n) is 2.03. The standard InChI is InChI=1S/C11H12N2O/c1-2-10(14)11(13)9-5-3-8(7-12)4-6-9/h2-6,10-11,14H,1,13H2. The van der Waals surface area contributed by atoms with Crippen LogP contribution in [0.1, 0.15) is 17.2 Å². The number of rotatable bonds is 3. The quantitative estimate of drug-likeness (QED) is 0.698. The van der Waals surface area contributed by atoms with E-state index in [0.717, 1.165) is 5.56 Å². The summed E-state index contributed by atoms with van der Waals surface area (Å²) in [5.41, 5.74) is 7.10. The summed E-state index contributed by atoms with van der Waals surface area (Å²) >= 11 is 0. The average Bonchev–Trinajstić information content (AvgIpc) is 2.27. The SMILES string of the molecule is C=CC(O)C(N)c1ccc(C#N)cc1. The summed E-state index contributed by atoms with van der Waals surface area (Å²) in [6.45, 7) is 3.46. The average molecular weight is 188 g/mol. The predicted octanol–water partition coefficient (Wildman–Crippen LogP) is 1.10. The summed E-state index contributed by atoms with van der Waals surface area (Å²) < 4.78 is 0. The molecule has 0 saturated carbocycles. The number of nitriles is 1. The van der Waals surface area contributed by atoms with Crippen LogP contribution < -0.4 is 5.73 Å². The van der Waals surface area contributed by atoms with Gasteiger partial charge in [-0.1, -0.05) is 18.2 Å². The van der Waals surface area contributed by atoms with Crippen molar-refractivity contribution in [3.05, 3.63) is 48.0 Å². The van der Waals surface area contributed by atoms with Gasteiger partial charge in [0.15, 0.2) is 0 Å². The molecule has 0 fully saturated rings. The second-order valence-corrected chi connectivity index (χ2v) is 2.99. The zero-order valence-electron chi connectivity index (χ0n) is 7.72. The Balaban J connectivity index is 2.87. The van der Waals surface area contributed by atoms with Gasteiger partial charge in [-0.25, -0.2) is 0 Å². The van der Waals surface area contributed by atoms with Crippen LogP contribution in [0.2, 0.25) is 0 Å². The maximum absolute atomic E-state index is 9.40. The number of nitrogens with two attached hydrogens (primary N) is 1. The molecule has 1 aromatic rings. The molecule has 0 saturated heterocycles. The number of benzene rings is 1. The van der Waals surface area contributed by atoms with E-state index in [4.69, 9.17) is 11.0 Å². The Morgan fingerprint density at radius 2 is 2.00 bits per heavy atom. The molecule has 0 amide bonds. The predicted molar refractivity (Wildman–Crippen MR) is 54.3 cm³/mol. The summed E-state index contributed by atoms with van der Waals surface area (Å²) in [7, 11) is 0. The van der Waals surface area contributed by atoms with Gasteiger partial charge >= 0.3 is 0 Å². The lowest BCUT2D eigenvalue weighted by Gasteiger charge is -2.15. The number of aliphatic hydroxyl groups is 1. The van der Waals surface area contributed by atoms with Crippen molar-refractivity contribution in [2.45, 2.75) is 12.1 Å². The van der Waals surface area contributed by atoms with Crippen molar-refractivity contribution in [3.63, 3.8) is 0 Å². The zero-order valence-corrected chi connectivity index (χ0v) is 7.72. The maximum Gasteiger partial charge on any atom is 0.0991 e. The van der Waals surface area contributed by atoms with Crippen LogP contribution in [0.25, 0.3) is 0 Å². The summed E-state index contributed by atoms with van der Waals surface area (Å²) in [5, 5.41) is 18.0. The lowest BCUT2D eigenvalue weighted by atomic mass is 10.0. The second-order valence-electron chi connectivity index (χ2n) is 2.99. The maximum atomic E-state index is 9.40. The number of hydrogen-bond donors (Lipinski definition) is 2. The highest BCUT2D eigenvalue weighted by atomic mass is 16.3. The van der Waals surface area contributed by atoms with Crippen molar-refractivity contribution in [1.82, 2.24) is 0 Å². The molecule has 1 aromatic carbocycles. The van der Waals surface area contributed by atoms with Gasteiger partial charge in [0.05, 0.1) is 23.8 Å². The van der Waals surface area contributed by atoms with Gasteiger partial charge in [0.2, 0.25) is 0 Å². The first kappa shape index (κ1) is 10.5. The first-order valence-corrected chi connectivity index (χ1v) is 4.25. The minimum atomic E-state index is -0.761. The van der Waals surface area contributed by atoms with Crippen LogP contribution in [0.15, 0.2) is 36.9 Å². The first-order valence-electron chi connectivity index (χ1n) is 4.25. The molecule has 3 heteroatoms.